The maximum Gasteiger partial charge on any atom is 0.254 e. The molecule has 1 aromatic heterocycles. The topological polar surface area (TPSA) is 42.4 Å². The van der Waals surface area contributed by atoms with Gasteiger partial charge in [0, 0.05) is 28.6 Å². The van der Waals surface area contributed by atoms with E-state index in [-0.39, 0.29) is 11.9 Å². The monoisotopic (exact) mass is 426 g/mol. The Morgan fingerprint density at radius 1 is 1.24 bits per heavy atom. The number of hydrogen-bond donors (Lipinski definition) is 0. The van der Waals surface area contributed by atoms with Gasteiger partial charge in [-0.1, -0.05) is 29.8 Å². The van der Waals surface area contributed by atoms with Crippen LogP contribution in [0.1, 0.15) is 39.5 Å². The molecule has 1 saturated heterocycles. The van der Waals surface area contributed by atoms with Gasteiger partial charge in [-0.15, -0.1) is 11.3 Å². The van der Waals surface area contributed by atoms with Crippen molar-refractivity contribution in [2.24, 2.45) is 0 Å². The summed E-state index contributed by atoms with van der Waals surface area (Å²) in [5, 5.41) is 3.80. The lowest BCUT2D eigenvalue weighted by molar-refractivity contribution is 0.0736. The maximum absolute atomic E-state index is 13.1. The fraction of sp³-hybridized carbons (Fsp3) is 0.304. The zero-order valence-electron chi connectivity index (χ0n) is 16.3. The van der Waals surface area contributed by atoms with E-state index in [4.69, 9.17) is 16.3 Å². The second-order valence-corrected chi connectivity index (χ2v) is 8.73. The Balaban J connectivity index is 1.39. The molecule has 2 heterocycles. The van der Waals surface area contributed by atoms with E-state index in [0.29, 0.717) is 12.2 Å². The molecule has 1 atom stereocenters. The van der Waals surface area contributed by atoms with Crippen LogP contribution in [-0.4, -0.2) is 28.4 Å². The van der Waals surface area contributed by atoms with Crippen LogP contribution < -0.4 is 4.74 Å². The van der Waals surface area contributed by atoms with Crippen molar-refractivity contribution in [1.82, 2.24) is 9.88 Å². The summed E-state index contributed by atoms with van der Waals surface area (Å²) in [5.74, 6) is 0.808. The van der Waals surface area contributed by atoms with Crippen molar-refractivity contribution in [2.45, 2.75) is 38.8 Å². The number of rotatable bonds is 6. The highest BCUT2D eigenvalue weighted by atomic mass is 35.5. The van der Waals surface area contributed by atoms with Crippen molar-refractivity contribution < 1.29 is 9.53 Å². The minimum Gasteiger partial charge on any atom is -0.487 e. The molecule has 1 unspecified atom stereocenters. The fourth-order valence-electron chi connectivity index (χ4n) is 3.72. The Labute approximate surface area is 180 Å². The number of benzene rings is 2. The van der Waals surface area contributed by atoms with Gasteiger partial charge >= 0.3 is 0 Å². The van der Waals surface area contributed by atoms with Crippen LogP contribution in [0.25, 0.3) is 0 Å². The summed E-state index contributed by atoms with van der Waals surface area (Å²) in [6.07, 6.45) is 2.82. The number of halogens is 1. The van der Waals surface area contributed by atoms with E-state index in [2.05, 4.69) is 4.98 Å². The van der Waals surface area contributed by atoms with Gasteiger partial charge in [0.05, 0.1) is 10.7 Å². The molecule has 1 fully saturated rings. The van der Waals surface area contributed by atoms with Gasteiger partial charge in [-0.3, -0.25) is 4.79 Å². The first-order valence-corrected chi connectivity index (χ1v) is 11.0. The van der Waals surface area contributed by atoms with Crippen molar-refractivity contribution in [1.29, 1.82) is 0 Å². The van der Waals surface area contributed by atoms with Gasteiger partial charge in [0.15, 0.2) is 0 Å². The summed E-state index contributed by atoms with van der Waals surface area (Å²) >= 11 is 7.93. The predicted molar refractivity (Wildman–Crippen MR) is 117 cm³/mol. The number of nitrogens with zero attached hydrogens (tertiary/aromatic N) is 2. The normalized spacial score (nSPS) is 16.2. The van der Waals surface area contributed by atoms with Crippen molar-refractivity contribution >= 4 is 28.8 Å². The highest BCUT2D eigenvalue weighted by molar-refractivity contribution is 7.09. The van der Waals surface area contributed by atoms with Crippen LogP contribution in [0.4, 0.5) is 0 Å². The number of carbonyl (C=O) groups excluding carboxylic acids is 1. The van der Waals surface area contributed by atoms with Crippen LogP contribution in [0, 0.1) is 6.92 Å². The van der Waals surface area contributed by atoms with Crippen LogP contribution in [-0.2, 0) is 13.0 Å². The summed E-state index contributed by atoms with van der Waals surface area (Å²) in [4.78, 5) is 19.4. The van der Waals surface area contributed by atoms with Gasteiger partial charge < -0.3 is 9.64 Å². The van der Waals surface area contributed by atoms with Gasteiger partial charge in [-0.2, -0.15) is 0 Å². The molecule has 4 rings (SSSR count). The van der Waals surface area contributed by atoms with E-state index in [1.807, 2.05) is 65.7 Å². The molecule has 1 aliphatic rings. The van der Waals surface area contributed by atoms with Crippen LogP contribution in [0.2, 0.25) is 5.02 Å². The van der Waals surface area contributed by atoms with Crippen molar-refractivity contribution in [3.63, 3.8) is 0 Å². The van der Waals surface area contributed by atoms with E-state index in [0.717, 1.165) is 52.8 Å². The SMILES string of the molecule is Cc1nc(COc2ccc(C(=O)N3CCCC3Cc3ccccc3Cl)cc2)cs1. The second-order valence-electron chi connectivity index (χ2n) is 7.26. The van der Waals surface area contributed by atoms with Gasteiger partial charge in [-0.05, 0) is 62.1 Å². The summed E-state index contributed by atoms with van der Waals surface area (Å²) in [6, 6.07) is 15.5. The van der Waals surface area contributed by atoms with Crippen molar-refractivity contribution in [3.8, 4) is 5.75 Å². The Bertz CT molecular complexity index is 987. The molecule has 0 radical (unpaired) electrons. The number of aromatic nitrogens is 1. The maximum atomic E-state index is 13.1. The van der Waals surface area contributed by atoms with Crippen molar-refractivity contribution in [3.05, 3.63) is 80.8 Å². The summed E-state index contributed by atoms with van der Waals surface area (Å²) < 4.78 is 5.78. The molecule has 29 heavy (non-hydrogen) atoms. The van der Waals surface area contributed by atoms with E-state index in [1.165, 1.54) is 0 Å². The van der Waals surface area contributed by atoms with Crippen LogP contribution in [0.5, 0.6) is 5.75 Å². The molecular weight excluding hydrogens is 404 g/mol. The van der Waals surface area contributed by atoms with Crippen molar-refractivity contribution in [2.75, 3.05) is 6.54 Å². The highest BCUT2D eigenvalue weighted by Gasteiger charge is 2.29. The highest BCUT2D eigenvalue weighted by Crippen LogP contribution is 2.27. The van der Waals surface area contributed by atoms with Crippen LogP contribution in [0.15, 0.2) is 53.9 Å². The number of hydrogen-bond acceptors (Lipinski definition) is 4. The lowest BCUT2D eigenvalue weighted by Crippen LogP contribution is -2.36. The Morgan fingerprint density at radius 3 is 2.76 bits per heavy atom. The lowest BCUT2D eigenvalue weighted by atomic mass is 10.0. The smallest absolute Gasteiger partial charge is 0.254 e. The molecule has 3 aromatic rings. The van der Waals surface area contributed by atoms with Gasteiger partial charge in [0.1, 0.15) is 12.4 Å². The molecule has 1 aliphatic heterocycles. The molecule has 1 amide bonds. The zero-order chi connectivity index (χ0) is 20.2. The molecule has 4 nitrogen and oxygen atoms in total. The molecular formula is C23H23ClN2O2S. The number of thiazole rings is 1. The number of carbonyl (C=O) groups is 1. The third kappa shape index (κ3) is 4.80. The summed E-state index contributed by atoms with van der Waals surface area (Å²) in [5.41, 5.74) is 2.71. The van der Waals surface area contributed by atoms with Gasteiger partial charge in [-0.25, -0.2) is 4.98 Å². The van der Waals surface area contributed by atoms with Gasteiger partial charge in [0.2, 0.25) is 0 Å². The second kappa shape index (κ2) is 8.97. The molecule has 0 bridgehead atoms. The zero-order valence-corrected chi connectivity index (χ0v) is 17.9. The Morgan fingerprint density at radius 2 is 2.03 bits per heavy atom. The molecule has 150 valence electrons. The molecule has 6 heteroatoms. The van der Waals surface area contributed by atoms with E-state index in [9.17, 15) is 4.79 Å². The van der Waals surface area contributed by atoms with Crippen LogP contribution >= 0.6 is 22.9 Å². The third-order valence-electron chi connectivity index (χ3n) is 5.21. The Kier molecular flexibility index (Phi) is 6.16. The fourth-order valence-corrected chi connectivity index (χ4v) is 4.53. The number of aryl methyl sites for hydroxylation is 1. The van der Waals surface area contributed by atoms with E-state index < -0.39 is 0 Å². The molecule has 2 aromatic carbocycles. The standard InChI is InChI=1S/C23H23ClN2O2S/c1-16-25-19(15-29-16)14-28-21-10-8-17(9-11-21)23(27)26-12-4-6-20(26)13-18-5-2-3-7-22(18)24/h2-3,5,7-11,15,20H,4,6,12-14H2,1H3. The first-order chi connectivity index (χ1) is 14.1. The average Bonchev–Trinajstić information content (AvgIpc) is 3.37. The number of likely N-dealkylation sites (tertiary alicyclic amines) is 1. The first kappa shape index (κ1) is 19.9. The molecule has 0 N–H and O–H groups in total. The molecule has 0 saturated carbocycles. The third-order valence-corrected chi connectivity index (χ3v) is 6.40. The molecule has 0 aliphatic carbocycles. The summed E-state index contributed by atoms with van der Waals surface area (Å²) in [6.45, 7) is 3.20. The minimum absolute atomic E-state index is 0.0706. The molecule has 0 spiro atoms. The van der Waals surface area contributed by atoms with Gasteiger partial charge in [0.25, 0.3) is 5.91 Å². The Hall–Kier alpha value is -2.37. The van der Waals surface area contributed by atoms with Crippen LogP contribution in [0.3, 0.4) is 0 Å². The largest absolute Gasteiger partial charge is 0.487 e. The minimum atomic E-state index is 0.0706. The summed E-state index contributed by atoms with van der Waals surface area (Å²) in [7, 11) is 0. The lowest BCUT2D eigenvalue weighted by Gasteiger charge is -2.25. The number of amides is 1. The first-order valence-electron chi connectivity index (χ1n) is 9.78. The number of ether oxygens (including phenoxy) is 1. The van der Waals surface area contributed by atoms with E-state index >= 15 is 0 Å². The predicted octanol–water partition coefficient (Wildman–Crippen LogP) is 5.53. The average molecular weight is 427 g/mol. The quantitative estimate of drug-likeness (QED) is 0.520. The van der Waals surface area contributed by atoms with E-state index in [1.54, 1.807) is 11.3 Å².